The summed E-state index contributed by atoms with van der Waals surface area (Å²) in [5, 5.41) is 0.499. The fraction of sp³-hybridized carbons (Fsp3) is 0.364. The maximum absolute atomic E-state index is 5.94. The van der Waals surface area contributed by atoms with Crippen LogP contribution in [0.5, 0.6) is 0 Å². The predicted molar refractivity (Wildman–Crippen MR) is 66.5 cm³/mol. The summed E-state index contributed by atoms with van der Waals surface area (Å²) in [4.78, 5) is 6.45. The number of nitrogens with zero attached hydrogens (tertiary/aromatic N) is 2. The molecule has 2 N–H and O–H groups in total. The number of nitrogen functional groups attached to an aromatic ring is 1. The number of anilines is 2. The van der Waals surface area contributed by atoms with Crippen LogP contribution >= 0.6 is 11.6 Å². The van der Waals surface area contributed by atoms with Crippen molar-refractivity contribution in [2.24, 2.45) is 0 Å². The highest BCUT2D eigenvalue weighted by molar-refractivity contribution is 6.33. The summed E-state index contributed by atoms with van der Waals surface area (Å²) >= 11 is 5.94. The average molecular weight is 254 g/mol. The van der Waals surface area contributed by atoms with Crippen molar-refractivity contribution < 1.29 is 9.15 Å². The van der Waals surface area contributed by atoms with Gasteiger partial charge in [0.15, 0.2) is 5.58 Å². The van der Waals surface area contributed by atoms with Gasteiger partial charge in [-0.15, -0.1) is 0 Å². The molecule has 2 aromatic rings. The van der Waals surface area contributed by atoms with Crippen LogP contribution in [0.1, 0.15) is 0 Å². The third-order valence-electron chi connectivity index (χ3n) is 2.78. The zero-order valence-electron chi connectivity index (χ0n) is 9.15. The lowest BCUT2D eigenvalue weighted by Gasteiger charge is -2.24. The molecule has 3 rings (SSSR count). The van der Waals surface area contributed by atoms with Crippen molar-refractivity contribution in [3.05, 3.63) is 17.2 Å². The third kappa shape index (κ3) is 1.92. The number of morpholine rings is 1. The van der Waals surface area contributed by atoms with E-state index in [0.29, 0.717) is 35.5 Å². The molecular formula is C11H12ClN3O2. The summed E-state index contributed by atoms with van der Waals surface area (Å²) < 4.78 is 10.9. The Labute approximate surface area is 103 Å². The fourth-order valence-corrected chi connectivity index (χ4v) is 2.00. The molecule has 0 spiro atoms. The van der Waals surface area contributed by atoms with E-state index >= 15 is 0 Å². The van der Waals surface area contributed by atoms with Gasteiger partial charge in [-0.3, -0.25) is 0 Å². The van der Waals surface area contributed by atoms with E-state index in [1.54, 1.807) is 12.1 Å². The Balaban J connectivity index is 2.00. The van der Waals surface area contributed by atoms with Crippen LogP contribution in [0.2, 0.25) is 5.02 Å². The SMILES string of the molecule is Nc1cc2oc(N3CCOCC3)nc2cc1Cl. The van der Waals surface area contributed by atoms with E-state index in [1.165, 1.54) is 0 Å². The number of halogens is 1. The molecule has 1 saturated heterocycles. The molecule has 0 unspecified atom stereocenters. The van der Waals surface area contributed by atoms with E-state index in [-0.39, 0.29) is 0 Å². The second kappa shape index (κ2) is 4.09. The van der Waals surface area contributed by atoms with Crippen LogP contribution in [0.3, 0.4) is 0 Å². The molecule has 2 heterocycles. The van der Waals surface area contributed by atoms with Gasteiger partial charge >= 0.3 is 0 Å². The Hall–Kier alpha value is -1.46. The summed E-state index contributed by atoms with van der Waals surface area (Å²) in [5.74, 6) is 0. The van der Waals surface area contributed by atoms with Crippen LogP contribution in [0.25, 0.3) is 11.1 Å². The first-order valence-corrected chi connectivity index (χ1v) is 5.80. The Kier molecular flexibility index (Phi) is 2.57. The minimum Gasteiger partial charge on any atom is -0.423 e. The van der Waals surface area contributed by atoms with Crippen LogP contribution < -0.4 is 10.6 Å². The second-order valence-corrected chi connectivity index (χ2v) is 4.34. The number of benzene rings is 1. The molecule has 17 heavy (non-hydrogen) atoms. The minimum atomic E-state index is 0.499. The topological polar surface area (TPSA) is 64.5 Å². The third-order valence-corrected chi connectivity index (χ3v) is 3.10. The lowest BCUT2D eigenvalue weighted by atomic mass is 10.3. The lowest BCUT2D eigenvalue weighted by Crippen LogP contribution is -2.36. The molecule has 0 bridgehead atoms. The molecule has 90 valence electrons. The molecule has 0 amide bonds. The zero-order chi connectivity index (χ0) is 11.8. The van der Waals surface area contributed by atoms with Crippen molar-refractivity contribution in [3.8, 4) is 0 Å². The number of rotatable bonds is 1. The first-order chi connectivity index (χ1) is 8.24. The first kappa shape index (κ1) is 10.7. The number of ether oxygens (including phenoxy) is 1. The van der Waals surface area contributed by atoms with Crippen LogP contribution in [0.15, 0.2) is 16.5 Å². The van der Waals surface area contributed by atoms with Crippen LogP contribution in [-0.2, 0) is 4.74 Å². The molecule has 1 aliphatic heterocycles. The van der Waals surface area contributed by atoms with Gasteiger partial charge in [-0.05, 0) is 6.07 Å². The summed E-state index contributed by atoms with van der Waals surface area (Å²) in [6.07, 6.45) is 0. The first-order valence-electron chi connectivity index (χ1n) is 5.42. The largest absolute Gasteiger partial charge is 0.423 e. The van der Waals surface area contributed by atoms with Crippen LogP contribution in [0.4, 0.5) is 11.7 Å². The van der Waals surface area contributed by atoms with E-state index in [4.69, 9.17) is 26.5 Å². The van der Waals surface area contributed by atoms with Crippen molar-refractivity contribution in [2.45, 2.75) is 0 Å². The molecule has 1 aromatic heterocycles. The van der Waals surface area contributed by atoms with Gasteiger partial charge in [0, 0.05) is 19.2 Å². The monoisotopic (exact) mass is 253 g/mol. The molecule has 1 aliphatic rings. The van der Waals surface area contributed by atoms with Crippen molar-refractivity contribution >= 4 is 34.4 Å². The predicted octanol–water partition coefficient (Wildman–Crippen LogP) is 1.90. The van der Waals surface area contributed by atoms with E-state index in [1.807, 2.05) is 4.90 Å². The number of oxazole rings is 1. The van der Waals surface area contributed by atoms with Gasteiger partial charge in [-0.1, -0.05) is 11.6 Å². The molecule has 0 radical (unpaired) electrons. The summed E-state index contributed by atoms with van der Waals surface area (Å²) in [6.45, 7) is 2.97. The zero-order valence-corrected chi connectivity index (χ0v) is 9.91. The van der Waals surface area contributed by atoms with Crippen molar-refractivity contribution in [1.29, 1.82) is 0 Å². The number of fused-ring (bicyclic) bond motifs is 1. The van der Waals surface area contributed by atoms with Gasteiger partial charge in [0.25, 0.3) is 6.01 Å². The Bertz CT molecular complexity index is 510. The smallest absolute Gasteiger partial charge is 0.298 e. The molecule has 0 aliphatic carbocycles. The minimum absolute atomic E-state index is 0.499. The van der Waals surface area contributed by atoms with Gasteiger partial charge < -0.3 is 19.8 Å². The summed E-state index contributed by atoms with van der Waals surface area (Å²) in [5.41, 5.74) is 7.61. The molecular weight excluding hydrogens is 242 g/mol. The molecule has 0 atom stereocenters. The Morgan fingerprint density at radius 2 is 2.06 bits per heavy atom. The van der Waals surface area contributed by atoms with E-state index < -0.39 is 0 Å². The Morgan fingerprint density at radius 3 is 2.82 bits per heavy atom. The van der Waals surface area contributed by atoms with E-state index in [9.17, 15) is 0 Å². The van der Waals surface area contributed by atoms with Gasteiger partial charge in [0.1, 0.15) is 5.52 Å². The van der Waals surface area contributed by atoms with E-state index in [2.05, 4.69) is 4.98 Å². The number of aromatic nitrogens is 1. The maximum Gasteiger partial charge on any atom is 0.298 e. The molecule has 1 fully saturated rings. The summed E-state index contributed by atoms with van der Waals surface area (Å²) in [6, 6.07) is 4.03. The highest BCUT2D eigenvalue weighted by atomic mass is 35.5. The molecule has 6 heteroatoms. The highest BCUT2D eigenvalue weighted by Gasteiger charge is 2.17. The Morgan fingerprint density at radius 1 is 1.29 bits per heavy atom. The fourth-order valence-electron chi connectivity index (χ4n) is 1.84. The van der Waals surface area contributed by atoms with Crippen molar-refractivity contribution in [1.82, 2.24) is 4.98 Å². The van der Waals surface area contributed by atoms with E-state index in [0.717, 1.165) is 18.6 Å². The molecule has 1 aromatic carbocycles. The standard InChI is InChI=1S/C11H12ClN3O2/c12-7-5-9-10(6-8(7)13)17-11(14-9)15-1-3-16-4-2-15/h5-6H,1-4,13H2. The maximum atomic E-state index is 5.94. The average Bonchev–Trinajstić information content (AvgIpc) is 2.74. The van der Waals surface area contributed by atoms with Gasteiger partial charge in [0.2, 0.25) is 0 Å². The highest BCUT2D eigenvalue weighted by Crippen LogP contribution is 2.29. The van der Waals surface area contributed by atoms with Crippen molar-refractivity contribution in [3.63, 3.8) is 0 Å². The number of nitrogens with two attached hydrogens (primary N) is 1. The molecule has 5 nitrogen and oxygen atoms in total. The normalized spacial score (nSPS) is 16.6. The van der Waals surface area contributed by atoms with Crippen LogP contribution in [0, 0.1) is 0 Å². The van der Waals surface area contributed by atoms with Crippen LogP contribution in [-0.4, -0.2) is 31.3 Å². The molecule has 0 saturated carbocycles. The second-order valence-electron chi connectivity index (χ2n) is 3.94. The van der Waals surface area contributed by atoms with Gasteiger partial charge in [-0.2, -0.15) is 4.98 Å². The summed E-state index contributed by atoms with van der Waals surface area (Å²) in [7, 11) is 0. The van der Waals surface area contributed by atoms with Gasteiger partial charge in [0.05, 0.1) is 23.9 Å². The quantitative estimate of drug-likeness (QED) is 0.787. The number of hydrogen-bond donors (Lipinski definition) is 1. The lowest BCUT2D eigenvalue weighted by molar-refractivity contribution is 0.120. The van der Waals surface area contributed by atoms with Gasteiger partial charge in [-0.25, -0.2) is 0 Å². The number of hydrogen-bond acceptors (Lipinski definition) is 5. The van der Waals surface area contributed by atoms with Crippen molar-refractivity contribution in [2.75, 3.05) is 36.9 Å².